The number of hydrogen-bond donors (Lipinski definition) is 1. The molecule has 0 radical (unpaired) electrons. The number of likely N-dealkylation sites (tertiary alicyclic amines) is 1. The predicted octanol–water partition coefficient (Wildman–Crippen LogP) is 0.953. The van der Waals surface area contributed by atoms with Gasteiger partial charge in [0.2, 0.25) is 11.8 Å². The van der Waals surface area contributed by atoms with Crippen molar-refractivity contribution in [3.8, 4) is 11.5 Å². The summed E-state index contributed by atoms with van der Waals surface area (Å²) < 4.78 is 10.6. The topological polar surface area (TPSA) is 115 Å². The fraction of sp³-hybridized carbons (Fsp3) is 0.524. The zero-order valence-electron chi connectivity index (χ0n) is 16.6. The van der Waals surface area contributed by atoms with Crippen molar-refractivity contribution in [2.24, 2.45) is 34.7 Å². The van der Waals surface area contributed by atoms with Gasteiger partial charge in [-0.3, -0.25) is 14.5 Å². The summed E-state index contributed by atoms with van der Waals surface area (Å²) in [6, 6.07) is 5.51. The molecule has 158 valence electrons. The van der Waals surface area contributed by atoms with E-state index in [0.717, 1.165) is 5.56 Å². The summed E-state index contributed by atoms with van der Waals surface area (Å²) in [5.41, 5.74) is 0.906. The van der Waals surface area contributed by atoms with E-state index in [9.17, 15) is 19.5 Å². The van der Waals surface area contributed by atoms with Crippen molar-refractivity contribution in [3.05, 3.63) is 23.8 Å². The smallest absolute Gasteiger partial charge is 0.354 e. The first-order valence-electron chi connectivity index (χ1n) is 9.99. The number of carbonyl (C=O) groups is 3. The van der Waals surface area contributed by atoms with E-state index in [1.807, 2.05) is 12.1 Å². The molecule has 2 bridgehead atoms. The molecule has 1 N–H and O–H groups in total. The highest BCUT2D eigenvalue weighted by Gasteiger charge is 2.70. The molecule has 2 aliphatic carbocycles. The van der Waals surface area contributed by atoms with Crippen LogP contribution in [0, 0.1) is 29.6 Å². The van der Waals surface area contributed by atoms with Gasteiger partial charge in [-0.2, -0.15) is 0 Å². The lowest BCUT2D eigenvalue weighted by Crippen LogP contribution is -2.42. The van der Waals surface area contributed by atoms with Gasteiger partial charge in [0.15, 0.2) is 17.2 Å². The zero-order chi connectivity index (χ0) is 21.2. The van der Waals surface area contributed by atoms with Crippen LogP contribution in [0.3, 0.4) is 0 Å². The second kappa shape index (κ2) is 6.72. The maximum atomic E-state index is 13.1. The lowest BCUT2D eigenvalue weighted by Gasteiger charge is -2.29. The number of fused-ring (bicyclic) bond motifs is 8. The molecular weight excluding hydrogens is 392 g/mol. The minimum absolute atomic E-state index is 0.0185. The van der Waals surface area contributed by atoms with Gasteiger partial charge in [-0.25, -0.2) is 4.79 Å². The maximum absolute atomic E-state index is 13.1. The second-order valence-electron chi connectivity index (χ2n) is 8.26. The van der Waals surface area contributed by atoms with E-state index in [1.54, 1.807) is 20.3 Å². The number of nitrogens with zero attached hydrogens (tertiary/aromatic N) is 2. The van der Waals surface area contributed by atoms with E-state index in [1.165, 1.54) is 4.90 Å². The summed E-state index contributed by atoms with van der Waals surface area (Å²) in [4.78, 5) is 44.4. The zero-order valence-corrected chi connectivity index (χ0v) is 16.6. The van der Waals surface area contributed by atoms with Crippen molar-refractivity contribution in [1.82, 2.24) is 4.90 Å². The highest BCUT2D eigenvalue weighted by Crippen LogP contribution is 2.61. The molecule has 2 aliphatic heterocycles. The Kier molecular flexibility index (Phi) is 4.23. The second-order valence-corrected chi connectivity index (χ2v) is 8.26. The molecule has 2 heterocycles. The van der Waals surface area contributed by atoms with Gasteiger partial charge in [0.1, 0.15) is 6.10 Å². The monoisotopic (exact) mass is 414 g/mol. The van der Waals surface area contributed by atoms with Crippen LogP contribution in [0.4, 0.5) is 0 Å². The first-order valence-corrected chi connectivity index (χ1v) is 9.99. The molecule has 2 saturated carbocycles. The van der Waals surface area contributed by atoms with Crippen LogP contribution in [0.1, 0.15) is 12.0 Å². The fourth-order valence-electron chi connectivity index (χ4n) is 5.86. The Labute approximate surface area is 172 Å². The Hall–Kier alpha value is -3.10. The first-order chi connectivity index (χ1) is 14.5. The van der Waals surface area contributed by atoms with Crippen LogP contribution in [-0.2, 0) is 25.6 Å². The SMILES string of the molecule is COc1ccc(CCN2C(=O)[C@@H]3[C@H]4C[C@@H]([C@H]5ON=C(C(=O)O)[C@@H]45)[C@H]3C2=O)cc1OC. The Morgan fingerprint density at radius 3 is 2.50 bits per heavy atom. The molecule has 0 unspecified atom stereocenters. The molecule has 1 saturated heterocycles. The number of imide groups is 1. The van der Waals surface area contributed by atoms with Crippen molar-refractivity contribution in [1.29, 1.82) is 0 Å². The highest BCUT2D eigenvalue weighted by molar-refractivity contribution is 6.37. The van der Waals surface area contributed by atoms with E-state index in [2.05, 4.69) is 5.16 Å². The van der Waals surface area contributed by atoms with Crippen LogP contribution in [-0.4, -0.2) is 60.4 Å². The number of benzene rings is 1. The van der Waals surface area contributed by atoms with E-state index >= 15 is 0 Å². The van der Waals surface area contributed by atoms with E-state index in [0.29, 0.717) is 24.3 Å². The predicted molar refractivity (Wildman–Crippen MR) is 102 cm³/mol. The van der Waals surface area contributed by atoms with Crippen LogP contribution < -0.4 is 9.47 Å². The number of carboxylic acid groups (broad SMARTS) is 1. The Bertz CT molecular complexity index is 974. The Balaban J connectivity index is 1.33. The van der Waals surface area contributed by atoms with Crippen LogP contribution in [0.25, 0.3) is 0 Å². The summed E-state index contributed by atoms with van der Waals surface area (Å²) >= 11 is 0. The van der Waals surface area contributed by atoms with E-state index < -0.39 is 29.8 Å². The molecule has 0 spiro atoms. The van der Waals surface area contributed by atoms with Gasteiger partial charge in [-0.1, -0.05) is 11.2 Å². The van der Waals surface area contributed by atoms with Gasteiger partial charge in [0.05, 0.1) is 32.0 Å². The summed E-state index contributed by atoms with van der Waals surface area (Å²) in [6.07, 6.45) is 0.723. The molecule has 9 nitrogen and oxygen atoms in total. The quantitative estimate of drug-likeness (QED) is 0.689. The summed E-state index contributed by atoms with van der Waals surface area (Å²) in [5, 5.41) is 13.1. The molecule has 1 aromatic carbocycles. The molecule has 30 heavy (non-hydrogen) atoms. The van der Waals surface area contributed by atoms with Crippen molar-refractivity contribution in [2.75, 3.05) is 20.8 Å². The van der Waals surface area contributed by atoms with E-state index in [-0.39, 0.29) is 35.9 Å². The van der Waals surface area contributed by atoms with Gasteiger partial charge in [-0.05, 0) is 36.5 Å². The van der Waals surface area contributed by atoms with Crippen LogP contribution in [0.5, 0.6) is 11.5 Å². The van der Waals surface area contributed by atoms with Gasteiger partial charge in [-0.15, -0.1) is 0 Å². The van der Waals surface area contributed by atoms with Crippen LogP contribution in [0.2, 0.25) is 0 Å². The normalized spacial score (nSPS) is 33.3. The number of oxime groups is 1. The number of carbonyl (C=O) groups excluding carboxylic acids is 2. The third-order valence-corrected chi connectivity index (χ3v) is 7.07. The molecular formula is C21H22N2O7. The van der Waals surface area contributed by atoms with Gasteiger partial charge >= 0.3 is 5.97 Å². The van der Waals surface area contributed by atoms with Gasteiger partial charge in [0.25, 0.3) is 0 Å². The average Bonchev–Trinajstić information content (AvgIpc) is 3.47. The summed E-state index contributed by atoms with van der Waals surface area (Å²) in [6.45, 7) is 0.273. The minimum Gasteiger partial charge on any atom is -0.493 e. The van der Waals surface area contributed by atoms with Crippen molar-refractivity contribution >= 4 is 23.5 Å². The minimum atomic E-state index is -1.12. The summed E-state index contributed by atoms with van der Waals surface area (Å²) in [5.74, 6) is -1.96. The first kappa shape index (κ1) is 18.9. The number of rotatable bonds is 6. The molecule has 4 aliphatic rings. The number of methoxy groups -OCH3 is 2. The lowest BCUT2D eigenvalue weighted by molar-refractivity contribution is -0.141. The largest absolute Gasteiger partial charge is 0.493 e. The number of hydrogen-bond acceptors (Lipinski definition) is 7. The standard InChI is InChI=1S/C21H22N2O7/c1-28-12-4-3-9(7-13(12)29-2)5-6-23-19(24)14-10-8-11(15(14)20(23)25)18-16(10)17(21(26)27)22-30-18/h3-4,7,10-11,14-16,18H,5-6,8H2,1-2H3,(H,26,27)/t10-,11-,14-,15-,16-,18-/m1/s1. The molecule has 6 atom stereocenters. The van der Waals surface area contributed by atoms with Crippen molar-refractivity contribution < 1.29 is 33.8 Å². The average molecular weight is 414 g/mol. The molecule has 0 aromatic heterocycles. The Morgan fingerprint density at radius 1 is 1.13 bits per heavy atom. The third-order valence-electron chi connectivity index (χ3n) is 7.07. The molecule has 9 heteroatoms. The highest BCUT2D eigenvalue weighted by atomic mass is 16.6. The van der Waals surface area contributed by atoms with Gasteiger partial charge in [0, 0.05) is 12.5 Å². The van der Waals surface area contributed by atoms with E-state index in [4.69, 9.17) is 14.3 Å². The van der Waals surface area contributed by atoms with Crippen LogP contribution >= 0.6 is 0 Å². The van der Waals surface area contributed by atoms with Crippen molar-refractivity contribution in [2.45, 2.75) is 18.9 Å². The molecule has 3 fully saturated rings. The number of amides is 2. The van der Waals surface area contributed by atoms with Crippen molar-refractivity contribution in [3.63, 3.8) is 0 Å². The summed E-state index contributed by atoms with van der Waals surface area (Å²) in [7, 11) is 3.12. The molecule has 1 aromatic rings. The number of aliphatic carboxylic acids is 1. The number of carboxylic acids is 1. The molecule has 5 rings (SSSR count). The maximum Gasteiger partial charge on any atom is 0.354 e. The number of ether oxygens (including phenoxy) is 2. The lowest BCUT2D eigenvalue weighted by atomic mass is 9.72. The van der Waals surface area contributed by atoms with Gasteiger partial charge < -0.3 is 19.4 Å². The fourth-order valence-corrected chi connectivity index (χ4v) is 5.86. The third kappa shape index (κ3) is 2.47. The molecule has 2 amide bonds. The van der Waals surface area contributed by atoms with Crippen LogP contribution in [0.15, 0.2) is 23.4 Å². The Morgan fingerprint density at radius 2 is 1.83 bits per heavy atom.